The predicted molar refractivity (Wildman–Crippen MR) is 82.5 cm³/mol. The monoisotopic (exact) mass is 265 g/mol. The van der Waals surface area contributed by atoms with Gasteiger partial charge in [0.1, 0.15) is 0 Å². The molecular formula is C17H15NS. The Bertz CT molecular complexity index is 679. The van der Waals surface area contributed by atoms with E-state index < -0.39 is 0 Å². The molecule has 0 saturated heterocycles. The third kappa shape index (κ3) is 2.79. The number of nitrogens with zero attached hydrogens (tertiary/aromatic N) is 1. The molecule has 0 spiro atoms. The highest BCUT2D eigenvalue weighted by atomic mass is 32.2. The van der Waals surface area contributed by atoms with Gasteiger partial charge in [-0.3, -0.25) is 0 Å². The van der Waals surface area contributed by atoms with Gasteiger partial charge in [-0.25, -0.2) is 4.98 Å². The summed E-state index contributed by atoms with van der Waals surface area (Å²) in [6, 6.07) is 23.0. The molecule has 94 valence electrons. The van der Waals surface area contributed by atoms with E-state index in [1.54, 1.807) is 11.8 Å². The molecule has 0 aliphatic carbocycles. The van der Waals surface area contributed by atoms with Crippen molar-refractivity contribution >= 4 is 22.7 Å². The summed E-state index contributed by atoms with van der Waals surface area (Å²) in [7, 11) is 0. The van der Waals surface area contributed by atoms with Crippen molar-refractivity contribution in [1.82, 2.24) is 4.98 Å². The minimum absolute atomic E-state index is 0.412. The third-order valence-electron chi connectivity index (χ3n) is 3.14. The fourth-order valence-electron chi connectivity index (χ4n) is 2.09. The minimum Gasteiger partial charge on any atom is -0.241 e. The molecule has 0 fully saturated rings. The Morgan fingerprint density at radius 2 is 1.58 bits per heavy atom. The van der Waals surface area contributed by atoms with E-state index in [1.165, 1.54) is 10.9 Å². The van der Waals surface area contributed by atoms with Gasteiger partial charge in [0, 0.05) is 10.6 Å². The molecule has 3 rings (SSSR count). The predicted octanol–water partition coefficient (Wildman–Crippen LogP) is 5.09. The maximum atomic E-state index is 4.70. The number of aromatic nitrogens is 1. The van der Waals surface area contributed by atoms with E-state index in [9.17, 15) is 0 Å². The number of fused-ring (bicyclic) bond motifs is 1. The molecule has 0 N–H and O–H groups in total. The average molecular weight is 265 g/mol. The lowest BCUT2D eigenvalue weighted by molar-refractivity contribution is 1.08. The number of benzene rings is 2. The second-order valence-corrected chi connectivity index (χ2v) is 5.87. The molecule has 19 heavy (non-hydrogen) atoms. The molecule has 2 heteroatoms. The molecule has 1 nitrogen and oxygen atoms in total. The Labute approximate surface area is 117 Å². The highest BCUT2D eigenvalue weighted by Gasteiger charge is 2.08. The molecule has 3 aromatic rings. The first-order valence-corrected chi connectivity index (χ1v) is 7.28. The van der Waals surface area contributed by atoms with Crippen LogP contribution < -0.4 is 0 Å². The molecule has 1 aromatic heterocycles. The van der Waals surface area contributed by atoms with Gasteiger partial charge in [0.15, 0.2) is 0 Å². The van der Waals surface area contributed by atoms with Crippen molar-refractivity contribution in [2.75, 3.05) is 0 Å². The van der Waals surface area contributed by atoms with Gasteiger partial charge in [-0.2, -0.15) is 0 Å². The van der Waals surface area contributed by atoms with Crippen molar-refractivity contribution in [3.05, 3.63) is 72.3 Å². The highest BCUT2D eigenvalue weighted by molar-refractivity contribution is 7.99. The Balaban J connectivity index is 1.85. The molecular weight excluding hydrogens is 250 g/mol. The summed E-state index contributed by atoms with van der Waals surface area (Å²) in [6.45, 7) is 2.22. The summed E-state index contributed by atoms with van der Waals surface area (Å²) in [5.41, 5.74) is 2.40. The molecule has 0 aliphatic heterocycles. The normalized spacial score (nSPS) is 12.5. The summed E-state index contributed by atoms with van der Waals surface area (Å²) in [6.07, 6.45) is 0. The summed E-state index contributed by atoms with van der Waals surface area (Å²) in [5.74, 6) is 0. The van der Waals surface area contributed by atoms with E-state index in [0.29, 0.717) is 5.25 Å². The van der Waals surface area contributed by atoms with E-state index in [4.69, 9.17) is 4.98 Å². The lowest BCUT2D eigenvalue weighted by Gasteiger charge is -2.11. The number of rotatable bonds is 3. The first kappa shape index (κ1) is 12.2. The smallest absolute Gasteiger partial charge is 0.0973 e. The maximum Gasteiger partial charge on any atom is 0.0973 e. The first-order chi connectivity index (χ1) is 9.33. The highest BCUT2D eigenvalue weighted by Crippen LogP contribution is 2.34. The number of pyridine rings is 1. The van der Waals surface area contributed by atoms with Crippen LogP contribution in [0.3, 0.4) is 0 Å². The van der Waals surface area contributed by atoms with E-state index in [0.717, 1.165) is 10.5 Å². The average Bonchev–Trinajstić information content (AvgIpc) is 2.48. The van der Waals surface area contributed by atoms with Gasteiger partial charge in [0.25, 0.3) is 0 Å². The Morgan fingerprint density at radius 1 is 0.842 bits per heavy atom. The van der Waals surface area contributed by atoms with Crippen molar-refractivity contribution in [2.24, 2.45) is 0 Å². The fraction of sp³-hybridized carbons (Fsp3) is 0.118. The topological polar surface area (TPSA) is 12.9 Å². The Kier molecular flexibility index (Phi) is 3.51. The number of hydrogen-bond donors (Lipinski definition) is 0. The quantitative estimate of drug-likeness (QED) is 0.612. The SMILES string of the molecule is CC(Sc1ccc2ccccc2n1)c1ccccc1. The number of thioether (sulfide) groups is 1. The molecule has 2 aromatic carbocycles. The summed E-state index contributed by atoms with van der Waals surface area (Å²) in [4.78, 5) is 4.70. The molecule has 1 atom stereocenters. The van der Waals surface area contributed by atoms with Gasteiger partial charge in [0.05, 0.1) is 10.5 Å². The van der Waals surface area contributed by atoms with Gasteiger partial charge in [-0.05, 0) is 24.6 Å². The fourth-order valence-corrected chi connectivity index (χ4v) is 3.04. The van der Waals surface area contributed by atoms with Crippen LogP contribution in [-0.4, -0.2) is 4.98 Å². The standard InChI is InChI=1S/C17H15NS/c1-13(14-7-3-2-4-8-14)19-17-12-11-15-9-5-6-10-16(15)18-17/h2-13H,1H3. The van der Waals surface area contributed by atoms with Gasteiger partial charge in [-0.15, -0.1) is 0 Å². The first-order valence-electron chi connectivity index (χ1n) is 6.40. The van der Waals surface area contributed by atoms with Crippen LogP contribution in [0.15, 0.2) is 71.8 Å². The van der Waals surface area contributed by atoms with Crippen molar-refractivity contribution in [1.29, 1.82) is 0 Å². The molecule has 1 unspecified atom stereocenters. The Morgan fingerprint density at radius 3 is 2.42 bits per heavy atom. The van der Waals surface area contributed by atoms with Crippen LogP contribution >= 0.6 is 11.8 Å². The zero-order chi connectivity index (χ0) is 13.1. The summed E-state index contributed by atoms with van der Waals surface area (Å²) < 4.78 is 0. The van der Waals surface area contributed by atoms with Crippen molar-refractivity contribution in [3.8, 4) is 0 Å². The molecule has 0 amide bonds. The summed E-state index contributed by atoms with van der Waals surface area (Å²) in [5, 5.41) is 2.68. The molecule has 0 saturated carbocycles. The molecule has 0 bridgehead atoms. The van der Waals surface area contributed by atoms with Crippen LogP contribution in [0.5, 0.6) is 0 Å². The Hall–Kier alpha value is -1.80. The third-order valence-corrected chi connectivity index (χ3v) is 4.23. The van der Waals surface area contributed by atoms with Crippen LogP contribution in [0.1, 0.15) is 17.7 Å². The second-order valence-electron chi connectivity index (χ2n) is 4.51. The molecule has 0 radical (unpaired) electrons. The minimum atomic E-state index is 0.412. The van der Waals surface area contributed by atoms with Gasteiger partial charge >= 0.3 is 0 Å². The van der Waals surface area contributed by atoms with E-state index >= 15 is 0 Å². The number of para-hydroxylation sites is 1. The van der Waals surface area contributed by atoms with Gasteiger partial charge in [-0.1, -0.05) is 66.4 Å². The summed E-state index contributed by atoms with van der Waals surface area (Å²) >= 11 is 1.80. The van der Waals surface area contributed by atoms with Gasteiger partial charge in [0.2, 0.25) is 0 Å². The van der Waals surface area contributed by atoms with Crippen LogP contribution in [0.2, 0.25) is 0 Å². The van der Waals surface area contributed by atoms with Crippen LogP contribution in [0.25, 0.3) is 10.9 Å². The lowest BCUT2D eigenvalue weighted by atomic mass is 10.2. The largest absolute Gasteiger partial charge is 0.241 e. The molecule has 0 aliphatic rings. The number of hydrogen-bond acceptors (Lipinski definition) is 2. The second kappa shape index (κ2) is 5.45. The van der Waals surface area contributed by atoms with Crippen LogP contribution in [-0.2, 0) is 0 Å². The van der Waals surface area contributed by atoms with Gasteiger partial charge < -0.3 is 0 Å². The van der Waals surface area contributed by atoms with Crippen LogP contribution in [0, 0.1) is 0 Å². The van der Waals surface area contributed by atoms with Crippen LogP contribution in [0.4, 0.5) is 0 Å². The zero-order valence-electron chi connectivity index (χ0n) is 10.8. The zero-order valence-corrected chi connectivity index (χ0v) is 11.6. The lowest BCUT2D eigenvalue weighted by Crippen LogP contribution is -1.89. The maximum absolute atomic E-state index is 4.70. The van der Waals surface area contributed by atoms with E-state index in [2.05, 4.69) is 61.5 Å². The van der Waals surface area contributed by atoms with E-state index in [-0.39, 0.29) is 0 Å². The van der Waals surface area contributed by atoms with Crippen molar-refractivity contribution in [2.45, 2.75) is 17.2 Å². The van der Waals surface area contributed by atoms with E-state index in [1.807, 2.05) is 12.1 Å². The van der Waals surface area contributed by atoms with Crippen molar-refractivity contribution < 1.29 is 0 Å². The molecule has 1 heterocycles. The van der Waals surface area contributed by atoms with Crippen molar-refractivity contribution in [3.63, 3.8) is 0 Å².